The van der Waals surface area contributed by atoms with Crippen molar-refractivity contribution >= 4 is 61.8 Å². The number of fused-ring (bicyclic) bond motifs is 4. The molecule has 52 heavy (non-hydrogen) atoms. The molecular formula is C47H35N3O2. The number of rotatable bonds is 6. The summed E-state index contributed by atoms with van der Waals surface area (Å²) < 4.78 is 5.27. The van der Waals surface area contributed by atoms with E-state index in [1.165, 1.54) is 10.8 Å². The SMILES string of the molecule is CCOC(=O)c1ccc(-c2cc(-c3cccc4ccccc34)c3c(C)ccc(N4c5ccccc5N(c5ccccc5)c5ccccc54)c3n2)cc1. The maximum Gasteiger partial charge on any atom is 0.338 e. The van der Waals surface area contributed by atoms with E-state index in [0.29, 0.717) is 12.2 Å². The van der Waals surface area contributed by atoms with E-state index in [2.05, 4.69) is 156 Å². The highest BCUT2D eigenvalue weighted by atomic mass is 16.5. The van der Waals surface area contributed by atoms with Crippen LogP contribution in [0.15, 0.2) is 164 Å². The quantitative estimate of drug-likeness (QED) is 0.164. The van der Waals surface area contributed by atoms with Gasteiger partial charge in [0.05, 0.1) is 51.8 Å². The number of aryl methyl sites for hydroxylation is 1. The summed E-state index contributed by atoms with van der Waals surface area (Å²) in [5, 5.41) is 3.46. The van der Waals surface area contributed by atoms with Crippen molar-refractivity contribution in [2.45, 2.75) is 13.8 Å². The van der Waals surface area contributed by atoms with E-state index >= 15 is 0 Å². The minimum Gasteiger partial charge on any atom is -0.462 e. The third kappa shape index (κ3) is 5.17. The number of carbonyl (C=O) groups is 1. The minimum absolute atomic E-state index is 0.329. The fourth-order valence-corrected chi connectivity index (χ4v) is 7.55. The second-order valence-corrected chi connectivity index (χ2v) is 13.0. The molecule has 5 heteroatoms. The first-order chi connectivity index (χ1) is 25.6. The van der Waals surface area contributed by atoms with Gasteiger partial charge in [-0.2, -0.15) is 0 Å². The zero-order chi connectivity index (χ0) is 35.2. The van der Waals surface area contributed by atoms with Crippen LogP contribution < -0.4 is 9.80 Å². The zero-order valence-electron chi connectivity index (χ0n) is 29.0. The molecule has 0 spiro atoms. The average molecular weight is 674 g/mol. The van der Waals surface area contributed by atoms with E-state index in [0.717, 1.165) is 73.0 Å². The number of aromatic nitrogens is 1. The van der Waals surface area contributed by atoms with E-state index in [4.69, 9.17) is 9.72 Å². The van der Waals surface area contributed by atoms with Gasteiger partial charge in [0.15, 0.2) is 0 Å². The molecular weight excluding hydrogens is 639 g/mol. The average Bonchev–Trinajstić information content (AvgIpc) is 3.20. The molecule has 0 bridgehead atoms. The number of benzene rings is 7. The number of ether oxygens (including phenoxy) is 1. The van der Waals surface area contributed by atoms with E-state index < -0.39 is 0 Å². The van der Waals surface area contributed by atoms with Crippen LogP contribution in [0.3, 0.4) is 0 Å². The summed E-state index contributed by atoms with van der Waals surface area (Å²) in [5.41, 5.74) is 12.9. The molecule has 2 heterocycles. The highest BCUT2D eigenvalue weighted by Crippen LogP contribution is 2.55. The summed E-state index contributed by atoms with van der Waals surface area (Å²) in [5.74, 6) is -0.332. The van der Waals surface area contributed by atoms with Gasteiger partial charge in [-0.15, -0.1) is 0 Å². The number of nitrogens with zero attached hydrogens (tertiary/aromatic N) is 3. The van der Waals surface area contributed by atoms with Gasteiger partial charge in [-0.25, -0.2) is 9.78 Å². The molecule has 7 aromatic carbocycles. The molecule has 0 atom stereocenters. The number of hydrogen-bond donors (Lipinski definition) is 0. The lowest BCUT2D eigenvalue weighted by molar-refractivity contribution is 0.0526. The van der Waals surface area contributed by atoms with Crippen molar-refractivity contribution in [1.82, 2.24) is 4.98 Å². The van der Waals surface area contributed by atoms with Gasteiger partial charge in [-0.05, 0) is 102 Å². The summed E-state index contributed by atoms with van der Waals surface area (Å²) in [6.07, 6.45) is 0. The predicted molar refractivity (Wildman–Crippen MR) is 214 cm³/mol. The van der Waals surface area contributed by atoms with Crippen LogP contribution >= 0.6 is 0 Å². The van der Waals surface area contributed by atoms with Crippen LogP contribution in [0.1, 0.15) is 22.8 Å². The molecule has 0 radical (unpaired) electrons. The van der Waals surface area contributed by atoms with Crippen LogP contribution in [0.2, 0.25) is 0 Å². The third-order valence-electron chi connectivity index (χ3n) is 9.90. The largest absolute Gasteiger partial charge is 0.462 e. The molecule has 9 rings (SSSR count). The first kappa shape index (κ1) is 31.3. The highest BCUT2D eigenvalue weighted by Gasteiger charge is 2.31. The molecule has 0 fully saturated rings. The standard InChI is InChI=1S/C47H35N3O2/c1-3-52-47(51)34-27-25-33(26-28-34)39-30-38(37-19-13-15-32-14-7-8-18-36(32)37)45-31(2)24-29-44(46(45)48-39)50-42-22-11-9-20-40(42)49(35-16-5-4-6-17-35)41-21-10-12-23-43(41)50/h4-30H,3H2,1-2H3. The fourth-order valence-electron chi connectivity index (χ4n) is 7.55. The second-order valence-electron chi connectivity index (χ2n) is 13.0. The van der Waals surface area contributed by atoms with E-state index in [1.54, 1.807) is 0 Å². The Bertz CT molecular complexity index is 2580. The highest BCUT2D eigenvalue weighted by molar-refractivity contribution is 6.12. The summed E-state index contributed by atoms with van der Waals surface area (Å²) in [4.78, 5) is 22.8. The van der Waals surface area contributed by atoms with Crippen molar-refractivity contribution < 1.29 is 9.53 Å². The Morgan fingerprint density at radius 3 is 1.90 bits per heavy atom. The first-order valence-corrected chi connectivity index (χ1v) is 17.6. The van der Waals surface area contributed by atoms with Gasteiger partial charge in [0, 0.05) is 16.6 Å². The van der Waals surface area contributed by atoms with Crippen molar-refractivity contribution in [2.75, 3.05) is 16.4 Å². The van der Waals surface area contributed by atoms with E-state index in [-0.39, 0.29) is 5.97 Å². The van der Waals surface area contributed by atoms with Crippen molar-refractivity contribution in [3.63, 3.8) is 0 Å². The normalized spacial score (nSPS) is 12.1. The second kappa shape index (κ2) is 12.9. The molecule has 1 aliphatic heterocycles. The molecule has 0 saturated heterocycles. The Labute approximate surface area is 303 Å². The van der Waals surface area contributed by atoms with Crippen LogP contribution in [0.4, 0.5) is 34.1 Å². The first-order valence-electron chi connectivity index (χ1n) is 17.6. The summed E-state index contributed by atoms with van der Waals surface area (Å²) in [6, 6.07) is 56.9. The van der Waals surface area contributed by atoms with Crippen LogP contribution in [0.25, 0.3) is 44.1 Å². The summed E-state index contributed by atoms with van der Waals surface area (Å²) >= 11 is 0. The van der Waals surface area contributed by atoms with Gasteiger partial charge in [0.25, 0.3) is 0 Å². The molecule has 0 aliphatic carbocycles. The van der Waals surface area contributed by atoms with Crippen molar-refractivity contribution in [1.29, 1.82) is 0 Å². The topological polar surface area (TPSA) is 45.7 Å². The molecule has 250 valence electrons. The smallest absolute Gasteiger partial charge is 0.338 e. The minimum atomic E-state index is -0.332. The van der Waals surface area contributed by atoms with E-state index in [9.17, 15) is 4.79 Å². The lowest BCUT2D eigenvalue weighted by Crippen LogP contribution is -2.24. The molecule has 0 saturated carbocycles. The van der Waals surface area contributed by atoms with Crippen molar-refractivity contribution in [2.24, 2.45) is 0 Å². The Morgan fingerprint density at radius 1 is 0.596 bits per heavy atom. The number of para-hydroxylation sites is 5. The van der Waals surface area contributed by atoms with E-state index in [1.807, 2.05) is 31.2 Å². The van der Waals surface area contributed by atoms with Gasteiger partial charge < -0.3 is 14.5 Å². The fraction of sp³-hybridized carbons (Fsp3) is 0.0638. The number of pyridine rings is 1. The monoisotopic (exact) mass is 673 g/mol. The number of carbonyl (C=O) groups excluding carboxylic acids is 1. The van der Waals surface area contributed by atoms with Crippen LogP contribution in [-0.4, -0.2) is 17.6 Å². The lowest BCUT2D eigenvalue weighted by Gasteiger charge is -2.40. The summed E-state index contributed by atoms with van der Waals surface area (Å²) in [7, 11) is 0. The van der Waals surface area contributed by atoms with Crippen molar-refractivity contribution in [3.05, 3.63) is 175 Å². The van der Waals surface area contributed by atoms with Gasteiger partial charge in [0.1, 0.15) is 0 Å². The Morgan fingerprint density at radius 2 is 1.21 bits per heavy atom. The lowest BCUT2D eigenvalue weighted by atomic mass is 9.91. The molecule has 1 aromatic heterocycles. The maximum atomic E-state index is 12.6. The summed E-state index contributed by atoms with van der Waals surface area (Å²) in [6.45, 7) is 4.32. The third-order valence-corrected chi connectivity index (χ3v) is 9.90. The molecule has 1 aliphatic rings. The van der Waals surface area contributed by atoms with Gasteiger partial charge in [-0.3, -0.25) is 0 Å². The van der Waals surface area contributed by atoms with Crippen LogP contribution in [0.5, 0.6) is 0 Å². The van der Waals surface area contributed by atoms with Gasteiger partial charge in [-0.1, -0.05) is 103 Å². The molecule has 0 unspecified atom stereocenters. The Hall–Kier alpha value is -6.72. The number of anilines is 6. The predicted octanol–water partition coefficient (Wildman–Crippen LogP) is 12.5. The molecule has 0 amide bonds. The number of esters is 1. The van der Waals surface area contributed by atoms with Crippen LogP contribution in [0, 0.1) is 6.92 Å². The molecule has 0 N–H and O–H groups in total. The number of hydrogen-bond acceptors (Lipinski definition) is 5. The van der Waals surface area contributed by atoms with Crippen molar-refractivity contribution in [3.8, 4) is 22.4 Å². The molecule has 5 nitrogen and oxygen atoms in total. The Balaban J connectivity index is 1.33. The Kier molecular flexibility index (Phi) is 7.74. The van der Waals surface area contributed by atoms with Gasteiger partial charge >= 0.3 is 5.97 Å². The maximum absolute atomic E-state index is 12.6. The zero-order valence-corrected chi connectivity index (χ0v) is 29.0. The molecule has 8 aromatic rings. The van der Waals surface area contributed by atoms with Gasteiger partial charge in [0.2, 0.25) is 0 Å². The van der Waals surface area contributed by atoms with Crippen LogP contribution in [-0.2, 0) is 4.74 Å².